The summed E-state index contributed by atoms with van der Waals surface area (Å²) in [4.78, 5) is 41.1. The van der Waals surface area contributed by atoms with Crippen molar-refractivity contribution in [2.75, 3.05) is 7.11 Å². The van der Waals surface area contributed by atoms with E-state index in [4.69, 9.17) is 14.2 Å². The molecule has 1 aromatic rings. The molecule has 0 aliphatic carbocycles. The summed E-state index contributed by atoms with van der Waals surface area (Å²) in [7, 11) is 1.54. The molecule has 202 valence electrons. The Morgan fingerprint density at radius 2 is 1.58 bits per heavy atom. The molecule has 0 radical (unpaired) electrons. The summed E-state index contributed by atoms with van der Waals surface area (Å²) < 4.78 is 17.0. The number of hydrogen-bond acceptors (Lipinski definition) is 6. The number of rotatable bonds is 8. The van der Waals surface area contributed by atoms with E-state index in [0.717, 1.165) is 12.0 Å². The highest BCUT2D eigenvalue weighted by molar-refractivity contribution is 5.86. The number of carbonyl (C=O) groups is 3. The molecule has 1 aliphatic heterocycles. The van der Waals surface area contributed by atoms with E-state index >= 15 is 0 Å². The average molecular weight is 505 g/mol. The minimum absolute atomic E-state index is 0.0367. The van der Waals surface area contributed by atoms with Crippen LogP contribution in [0.1, 0.15) is 73.8 Å². The molecule has 1 fully saturated rings. The molecule has 1 aromatic carbocycles. The van der Waals surface area contributed by atoms with Gasteiger partial charge >= 0.3 is 12.1 Å². The average Bonchev–Trinajstić information content (AvgIpc) is 3.13. The van der Waals surface area contributed by atoms with E-state index in [1.165, 1.54) is 0 Å². The predicted molar refractivity (Wildman–Crippen MR) is 138 cm³/mol. The van der Waals surface area contributed by atoms with Gasteiger partial charge in [-0.3, -0.25) is 9.69 Å². The molecule has 0 spiro atoms. The van der Waals surface area contributed by atoms with E-state index in [0.29, 0.717) is 12.8 Å². The third-order valence-electron chi connectivity index (χ3n) is 6.16. The molecule has 1 N–H and O–H groups in total. The highest BCUT2D eigenvalue weighted by Gasteiger charge is 2.44. The second kappa shape index (κ2) is 12.1. The number of nitrogens with one attached hydrogen (secondary N) is 1. The maximum atomic E-state index is 13.4. The minimum Gasteiger partial charge on any atom is -0.458 e. The standard InChI is InChI=1S/C28H44N2O6/c1-18-15-16-22(30(18)26(33)36-28(6,7)8)23(34-9)19(2)24(31)29-21(25(32)35-27(3,4)5)17-20-13-11-10-12-14-20/h10-14,18-19,21-23H,15-17H2,1-9H3,(H,29,31)/t18-,19+,21-,22-,23?/m0/s1. The smallest absolute Gasteiger partial charge is 0.410 e. The van der Waals surface area contributed by atoms with Gasteiger partial charge in [0.05, 0.1) is 18.1 Å². The van der Waals surface area contributed by atoms with Crippen molar-refractivity contribution in [2.24, 2.45) is 5.92 Å². The van der Waals surface area contributed by atoms with Crippen molar-refractivity contribution >= 4 is 18.0 Å². The van der Waals surface area contributed by atoms with Crippen LogP contribution in [0.25, 0.3) is 0 Å². The number of nitrogens with zero attached hydrogens (tertiary/aromatic N) is 1. The molecule has 2 amide bonds. The Morgan fingerprint density at radius 3 is 2.11 bits per heavy atom. The van der Waals surface area contributed by atoms with Gasteiger partial charge < -0.3 is 19.5 Å². The Morgan fingerprint density at radius 1 is 1.00 bits per heavy atom. The first-order chi connectivity index (χ1) is 16.6. The first-order valence-electron chi connectivity index (χ1n) is 12.7. The van der Waals surface area contributed by atoms with Crippen LogP contribution >= 0.6 is 0 Å². The maximum Gasteiger partial charge on any atom is 0.410 e. The lowest BCUT2D eigenvalue weighted by molar-refractivity contribution is -0.159. The molecule has 1 heterocycles. The molecule has 1 unspecified atom stereocenters. The summed E-state index contributed by atoms with van der Waals surface area (Å²) in [6.45, 7) is 14.6. The Bertz CT molecular complexity index is 890. The summed E-state index contributed by atoms with van der Waals surface area (Å²) in [5.41, 5.74) is -0.413. The molecular formula is C28H44N2O6. The second-order valence-corrected chi connectivity index (χ2v) is 11.7. The highest BCUT2D eigenvalue weighted by Crippen LogP contribution is 2.32. The Balaban J connectivity index is 2.21. The van der Waals surface area contributed by atoms with Crippen LogP contribution in [0.2, 0.25) is 0 Å². The quantitative estimate of drug-likeness (QED) is 0.524. The molecule has 8 heteroatoms. The Kier molecular flexibility index (Phi) is 9.94. The van der Waals surface area contributed by atoms with Crippen LogP contribution in [0, 0.1) is 5.92 Å². The fraction of sp³-hybridized carbons (Fsp3) is 0.679. The van der Waals surface area contributed by atoms with E-state index in [2.05, 4.69) is 5.32 Å². The Labute approximate surface area is 216 Å². The lowest BCUT2D eigenvalue weighted by Crippen LogP contribution is -2.54. The summed E-state index contributed by atoms with van der Waals surface area (Å²) in [5.74, 6) is -1.46. The van der Waals surface area contributed by atoms with Crippen LogP contribution in [0.5, 0.6) is 0 Å². The molecule has 0 bridgehead atoms. The molecule has 2 rings (SSSR count). The van der Waals surface area contributed by atoms with Gasteiger partial charge in [-0.1, -0.05) is 37.3 Å². The Hall–Kier alpha value is -2.61. The van der Waals surface area contributed by atoms with Crippen molar-refractivity contribution < 1.29 is 28.6 Å². The van der Waals surface area contributed by atoms with Crippen molar-refractivity contribution in [3.63, 3.8) is 0 Å². The first-order valence-corrected chi connectivity index (χ1v) is 12.7. The van der Waals surface area contributed by atoms with E-state index in [1.807, 2.05) is 58.0 Å². The monoisotopic (exact) mass is 504 g/mol. The largest absolute Gasteiger partial charge is 0.458 e. The molecule has 5 atom stereocenters. The van der Waals surface area contributed by atoms with Gasteiger partial charge in [0.1, 0.15) is 17.2 Å². The van der Waals surface area contributed by atoms with Crippen LogP contribution < -0.4 is 5.32 Å². The van der Waals surface area contributed by atoms with Crippen LogP contribution in [-0.2, 0) is 30.2 Å². The van der Waals surface area contributed by atoms with Gasteiger partial charge in [-0.05, 0) is 66.9 Å². The van der Waals surface area contributed by atoms with E-state index in [-0.39, 0.29) is 18.0 Å². The summed E-state index contributed by atoms with van der Waals surface area (Å²) in [6, 6.07) is 8.27. The topological polar surface area (TPSA) is 94.2 Å². The molecular weight excluding hydrogens is 460 g/mol. The number of likely N-dealkylation sites (tertiary alicyclic amines) is 1. The van der Waals surface area contributed by atoms with Crippen LogP contribution in [0.15, 0.2) is 30.3 Å². The van der Waals surface area contributed by atoms with Gasteiger partial charge in [0.15, 0.2) is 0 Å². The summed E-state index contributed by atoms with van der Waals surface area (Å²) >= 11 is 0. The number of ether oxygens (including phenoxy) is 3. The normalized spacial score (nSPS) is 20.9. The third kappa shape index (κ3) is 8.50. The predicted octanol–water partition coefficient (Wildman–Crippen LogP) is 4.49. The zero-order chi connectivity index (χ0) is 27.3. The highest BCUT2D eigenvalue weighted by atomic mass is 16.6. The van der Waals surface area contributed by atoms with E-state index in [9.17, 15) is 14.4 Å². The van der Waals surface area contributed by atoms with Gasteiger partial charge in [-0.25, -0.2) is 9.59 Å². The number of methoxy groups -OCH3 is 1. The van der Waals surface area contributed by atoms with Crippen molar-refractivity contribution in [3.05, 3.63) is 35.9 Å². The first kappa shape index (κ1) is 29.6. The third-order valence-corrected chi connectivity index (χ3v) is 6.16. The minimum atomic E-state index is -0.858. The number of benzene rings is 1. The second-order valence-electron chi connectivity index (χ2n) is 11.7. The fourth-order valence-corrected chi connectivity index (χ4v) is 4.53. The number of esters is 1. The maximum absolute atomic E-state index is 13.4. The fourth-order valence-electron chi connectivity index (χ4n) is 4.53. The van der Waals surface area contributed by atoms with Crippen LogP contribution in [0.3, 0.4) is 0 Å². The van der Waals surface area contributed by atoms with E-state index in [1.54, 1.807) is 39.7 Å². The van der Waals surface area contributed by atoms with Crippen molar-refractivity contribution in [1.82, 2.24) is 10.2 Å². The van der Waals surface area contributed by atoms with Crippen molar-refractivity contribution in [3.8, 4) is 0 Å². The molecule has 0 aromatic heterocycles. The van der Waals surface area contributed by atoms with Gasteiger partial charge in [0, 0.05) is 19.6 Å². The van der Waals surface area contributed by atoms with Crippen molar-refractivity contribution in [1.29, 1.82) is 0 Å². The van der Waals surface area contributed by atoms with Gasteiger partial charge in [0.25, 0.3) is 0 Å². The SMILES string of the molecule is COC([C@@H](C)C(=O)N[C@@H](Cc1ccccc1)C(=O)OC(C)(C)C)[C@@H]1CC[C@H](C)N1C(=O)OC(C)(C)C. The van der Waals surface area contributed by atoms with Crippen LogP contribution in [-0.4, -0.2) is 65.4 Å². The summed E-state index contributed by atoms with van der Waals surface area (Å²) in [5, 5.41) is 2.89. The van der Waals surface area contributed by atoms with Gasteiger partial charge in [-0.15, -0.1) is 0 Å². The van der Waals surface area contributed by atoms with Gasteiger partial charge in [-0.2, -0.15) is 0 Å². The zero-order valence-electron chi connectivity index (χ0n) is 23.3. The number of hydrogen-bond donors (Lipinski definition) is 1. The number of carbonyl (C=O) groups excluding carboxylic acids is 3. The molecule has 1 aliphatic rings. The molecule has 0 saturated carbocycles. The summed E-state index contributed by atoms with van der Waals surface area (Å²) in [6.07, 6.45) is 0.792. The van der Waals surface area contributed by atoms with E-state index < -0.39 is 41.3 Å². The zero-order valence-corrected chi connectivity index (χ0v) is 23.3. The lowest BCUT2D eigenvalue weighted by atomic mass is 9.94. The lowest BCUT2D eigenvalue weighted by Gasteiger charge is -2.36. The van der Waals surface area contributed by atoms with Gasteiger partial charge in [0.2, 0.25) is 5.91 Å². The molecule has 8 nitrogen and oxygen atoms in total. The molecule has 1 saturated heterocycles. The van der Waals surface area contributed by atoms with Crippen molar-refractivity contribution in [2.45, 2.75) is 110 Å². The molecule has 36 heavy (non-hydrogen) atoms. The van der Waals surface area contributed by atoms with Crippen LogP contribution in [0.4, 0.5) is 4.79 Å². The number of amides is 2.